The zero-order chi connectivity index (χ0) is 21.5. The standard InChI is InChI=1S/C23H24O7/c1-23(29-9-8-13-6-4-3-5-7-13)11-14-15(12-30-23)21(26)18-16(24)10-17(28-2)22(27)19(18)20(14)25/h3-7,10,14-15,24,27H,8-9,11-12H2,1-2H3/t14-,15-,23-/m1/s1. The Kier molecular flexibility index (Phi) is 5.26. The molecule has 7 nitrogen and oxygen atoms in total. The molecular formula is C23H24O7. The topological polar surface area (TPSA) is 102 Å². The van der Waals surface area contributed by atoms with Gasteiger partial charge in [-0.15, -0.1) is 0 Å². The molecule has 158 valence electrons. The summed E-state index contributed by atoms with van der Waals surface area (Å²) in [6.07, 6.45) is 0.864. The number of methoxy groups -OCH3 is 1. The van der Waals surface area contributed by atoms with Gasteiger partial charge in [-0.2, -0.15) is 0 Å². The number of ether oxygens (including phenoxy) is 3. The summed E-state index contributed by atoms with van der Waals surface area (Å²) < 4.78 is 16.9. The lowest BCUT2D eigenvalue weighted by Gasteiger charge is -2.43. The van der Waals surface area contributed by atoms with E-state index in [1.165, 1.54) is 7.11 Å². The monoisotopic (exact) mass is 412 g/mol. The Morgan fingerprint density at radius 3 is 2.50 bits per heavy atom. The summed E-state index contributed by atoms with van der Waals surface area (Å²) in [5.74, 6) is -4.17. The molecule has 1 heterocycles. The van der Waals surface area contributed by atoms with E-state index in [0.29, 0.717) is 13.0 Å². The number of carbonyl (C=O) groups excluding carboxylic acids is 2. The Bertz CT molecular complexity index is 985. The van der Waals surface area contributed by atoms with Crippen LogP contribution in [-0.4, -0.2) is 47.9 Å². The molecule has 1 fully saturated rings. The number of hydrogen-bond donors (Lipinski definition) is 2. The van der Waals surface area contributed by atoms with E-state index in [0.717, 1.165) is 11.6 Å². The highest BCUT2D eigenvalue weighted by atomic mass is 16.7. The van der Waals surface area contributed by atoms with Gasteiger partial charge in [-0.05, 0) is 18.9 Å². The number of Topliss-reactive ketones (excluding diaryl/α,β-unsaturated/α-hetero) is 2. The van der Waals surface area contributed by atoms with Crippen molar-refractivity contribution in [1.82, 2.24) is 0 Å². The number of aromatic hydroxyl groups is 2. The first-order valence-corrected chi connectivity index (χ1v) is 9.88. The summed E-state index contributed by atoms with van der Waals surface area (Å²) in [5.41, 5.74) is 0.767. The zero-order valence-electron chi connectivity index (χ0n) is 16.9. The van der Waals surface area contributed by atoms with Gasteiger partial charge < -0.3 is 24.4 Å². The highest BCUT2D eigenvalue weighted by Crippen LogP contribution is 2.48. The van der Waals surface area contributed by atoms with Crippen LogP contribution >= 0.6 is 0 Å². The molecule has 1 aliphatic carbocycles. The first-order chi connectivity index (χ1) is 14.3. The van der Waals surface area contributed by atoms with Crippen molar-refractivity contribution in [3.8, 4) is 17.2 Å². The minimum absolute atomic E-state index is 0.00273. The smallest absolute Gasteiger partial charge is 0.173 e. The number of phenolic OH excluding ortho intramolecular Hbond substituents is 2. The Balaban J connectivity index is 1.56. The number of fused-ring (bicyclic) bond motifs is 2. The molecule has 2 N–H and O–H groups in total. The summed E-state index contributed by atoms with van der Waals surface area (Å²) in [4.78, 5) is 26.2. The molecule has 2 aromatic carbocycles. The lowest BCUT2D eigenvalue weighted by molar-refractivity contribution is -0.256. The van der Waals surface area contributed by atoms with Crippen LogP contribution in [0.25, 0.3) is 0 Å². The van der Waals surface area contributed by atoms with Gasteiger partial charge in [0.25, 0.3) is 0 Å². The average Bonchev–Trinajstić information content (AvgIpc) is 2.74. The molecule has 2 aliphatic rings. The lowest BCUT2D eigenvalue weighted by atomic mass is 9.70. The maximum absolute atomic E-state index is 13.2. The Morgan fingerprint density at radius 1 is 1.10 bits per heavy atom. The third-order valence-corrected chi connectivity index (χ3v) is 5.92. The van der Waals surface area contributed by atoms with Crippen molar-refractivity contribution in [3.63, 3.8) is 0 Å². The molecule has 1 saturated heterocycles. The van der Waals surface area contributed by atoms with Crippen molar-refractivity contribution in [2.75, 3.05) is 20.3 Å². The van der Waals surface area contributed by atoms with Crippen LogP contribution < -0.4 is 4.74 Å². The van der Waals surface area contributed by atoms with Crippen molar-refractivity contribution in [3.05, 3.63) is 53.1 Å². The second-order valence-corrected chi connectivity index (χ2v) is 7.87. The molecule has 0 bridgehead atoms. The number of phenols is 2. The maximum atomic E-state index is 13.2. The van der Waals surface area contributed by atoms with Crippen molar-refractivity contribution in [1.29, 1.82) is 0 Å². The fourth-order valence-electron chi connectivity index (χ4n) is 4.30. The number of rotatable bonds is 5. The highest BCUT2D eigenvalue weighted by Gasteiger charge is 2.51. The van der Waals surface area contributed by atoms with Crippen LogP contribution in [0.5, 0.6) is 17.2 Å². The molecular weight excluding hydrogens is 388 g/mol. The second kappa shape index (κ2) is 7.74. The molecule has 2 aromatic rings. The van der Waals surface area contributed by atoms with Gasteiger partial charge >= 0.3 is 0 Å². The Hall–Kier alpha value is -2.90. The van der Waals surface area contributed by atoms with E-state index in [-0.39, 0.29) is 35.7 Å². The van der Waals surface area contributed by atoms with E-state index >= 15 is 0 Å². The SMILES string of the molecule is COc1cc(O)c2c(c1O)C(=O)[C@@H]1C[C@](C)(OCCc3ccccc3)OC[C@H]1C2=O. The van der Waals surface area contributed by atoms with E-state index in [1.54, 1.807) is 6.92 Å². The third kappa shape index (κ3) is 3.44. The second-order valence-electron chi connectivity index (χ2n) is 7.87. The maximum Gasteiger partial charge on any atom is 0.173 e. The molecule has 0 amide bonds. The van der Waals surface area contributed by atoms with Gasteiger partial charge in [0, 0.05) is 18.4 Å². The molecule has 0 unspecified atom stereocenters. The molecule has 0 aromatic heterocycles. The first-order valence-electron chi connectivity index (χ1n) is 9.88. The fraction of sp³-hybridized carbons (Fsp3) is 0.391. The summed E-state index contributed by atoms with van der Waals surface area (Å²) in [5, 5.41) is 20.7. The van der Waals surface area contributed by atoms with E-state index in [9.17, 15) is 19.8 Å². The Labute approximate surface area is 174 Å². The number of hydrogen-bond acceptors (Lipinski definition) is 7. The quantitative estimate of drug-likeness (QED) is 0.728. The summed E-state index contributed by atoms with van der Waals surface area (Å²) >= 11 is 0. The molecule has 1 aliphatic heterocycles. The van der Waals surface area contributed by atoms with Gasteiger partial charge in [0.15, 0.2) is 28.9 Å². The molecule has 4 rings (SSSR count). The van der Waals surface area contributed by atoms with Crippen LogP contribution in [0, 0.1) is 11.8 Å². The van der Waals surface area contributed by atoms with E-state index < -0.39 is 34.9 Å². The van der Waals surface area contributed by atoms with Crippen molar-refractivity contribution in [2.24, 2.45) is 11.8 Å². The summed E-state index contributed by atoms with van der Waals surface area (Å²) in [6, 6.07) is 11.0. The highest BCUT2D eigenvalue weighted by molar-refractivity contribution is 6.19. The van der Waals surface area contributed by atoms with Gasteiger partial charge in [0.2, 0.25) is 0 Å². The van der Waals surface area contributed by atoms with Crippen LogP contribution in [0.4, 0.5) is 0 Å². The molecule has 3 atom stereocenters. The van der Waals surface area contributed by atoms with Crippen LogP contribution in [0.3, 0.4) is 0 Å². The predicted molar refractivity (Wildman–Crippen MR) is 107 cm³/mol. The molecule has 7 heteroatoms. The Morgan fingerprint density at radius 2 is 1.80 bits per heavy atom. The zero-order valence-corrected chi connectivity index (χ0v) is 16.9. The van der Waals surface area contributed by atoms with E-state index in [2.05, 4.69) is 0 Å². The van der Waals surface area contributed by atoms with E-state index in [1.807, 2.05) is 30.3 Å². The van der Waals surface area contributed by atoms with Crippen LogP contribution in [0.15, 0.2) is 36.4 Å². The van der Waals surface area contributed by atoms with Gasteiger partial charge in [0.05, 0.1) is 37.4 Å². The number of benzene rings is 2. The van der Waals surface area contributed by atoms with Crippen LogP contribution in [0.1, 0.15) is 39.6 Å². The average molecular weight is 412 g/mol. The summed E-state index contributed by atoms with van der Waals surface area (Å²) in [7, 11) is 1.31. The van der Waals surface area contributed by atoms with Crippen molar-refractivity contribution < 1.29 is 34.0 Å². The van der Waals surface area contributed by atoms with Crippen LogP contribution in [0.2, 0.25) is 0 Å². The van der Waals surface area contributed by atoms with Gasteiger partial charge in [-0.3, -0.25) is 9.59 Å². The van der Waals surface area contributed by atoms with E-state index in [4.69, 9.17) is 14.2 Å². The first kappa shape index (κ1) is 20.4. The molecule has 0 saturated carbocycles. The molecule has 0 radical (unpaired) electrons. The van der Waals surface area contributed by atoms with Gasteiger partial charge in [-0.1, -0.05) is 30.3 Å². The van der Waals surface area contributed by atoms with Crippen molar-refractivity contribution in [2.45, 2.75) is 25.6 Å². The number of ketones is 2. The predicted octanol–water partition coefficient (Wildman–Crippen LogP) is 3.11. The molecule has 30 heavy (non-hydrogen) atoms. The summed E-state index contributed by atoms with van der Waals surface area (Å²) in [6.45, 7) is 2.16. The lowest BCUT2D eigenvalue weighted by Crippen LogP contribution is -2.51. The van der Waals surface area contributed by atoms with Crippen LogP contribution in [-0.2, 0) is 15.9 Å². The largest absolute Gasteiger partial charge is 0.507 e. The van der Waals surface area contributed by atoms with Crippen molar-refractivity contribution >= 4 is 11.6 Å². The van der Waals surface area contributed by atoms with Gasteiger partial charge in [-0.25, -0.2) is 0 Å². The minimum atomic E-state index is -1.03. The fourth-order valence-corrected chi connectivity index (χ4v) is 4.30. The molecule has 0 spiro atoms. The number of carbonyl (C=O) groups is 2. The van der Waals surface area contributed by atoms with Gasteiger partial charge in [0.1, 0.15) is 5.75 Å². The normalized spacial score (nSPS) is 25.5. The third-order valence-electron chi connectivity index (χ3n) is 5.92. The minimum Gasteiger partial charge on any atom is -0.507 e.